The summed E-state index contributed by atoms with van der Waals surface area (Å²) in [6, 6.07) is 0. The highest BCUT2D eigenvalue weighted by molar-refractivity contribution is 5.76. The van der Waals surface area contributed by atoms with Gasteiger partial charge in [-0.25, -0.2) is 4.79 Å². The SMILES string of the molecule is CCCCCCC(CCCC)(CCCC)C(=O)OO. The molecule has 0 unspecified atom stereocenters. The molecule has 0 rings (SSSR count). The van der Waals surface area contributed by atoms with E-state index in [1.807, 2.05) is 0 Å². The first kappa shape index (κ1) is 18.4. The van der Waals surface area contributed by atoms with Crippen molar-refractivity contribution in [1.82, 2.24) is 0 Å². The summed E-state index contributed by atoms with van der Waals surface area (Å²) in [6.45, 7) is 6.45. The molecule has 0 heterocycles. The van der Waals surface area contributed by atoms with E-state index in [0.29, 0.717) is 0 Å². The zero-order valence-corrected chi connectivity index (χ0v) is 13.0. The third-order valence-corrected chi connectivity index (χ3v) is 4.04. The molecule has 0 saturated carbocycles. The quantitative estimate of drug-likeness (QED) is 0.296. The maximum absolute atomic E-state index is 12.0. The Kier molecular flexibility index (Phi) is 10.9. The summed E-state index contributed by atoms with van der Waals surface area (Å²) in [5.41, 5.74) is -0.450. The molecule has 0 aromatic carbocycles. The van der Waals surface area contributed by atoms with E-state index in [1.54, 1.807) is 0 Å². The molecule has 0 aromatic rings. The maximum Gasteiger partial charge on any atom is 0.348 e. The third kappa shape index (κ3) is 6.95. The molecule has 0 amide bonds. The van der Waals surface area contributed by atoms with Crippen molar-refractivity contribution in [3.05, 3.63) is 0 Å². The zero-order valence-electron chi connectivity index (χ0n) is 13.0. The summed E-state index contributed by atoms with van der Waals surface area (Å²) >= 11 is 0. The minimum absolute atomic E-state index is 0.411. The van der Waals surface area contributed by atoms with Crippen molar-refractivity contribution in [2.24, 2.45) is 5.41 Å². The third-order valence-electron chi connectivity index (χ3n) is 4.04. The van der Waals surface area contributed by atoms with Gasteiger partial charge in [0.05, 0.1) is 5.41 Å². The highest BCUT2D eigenvalue weighted by atomic mass is 17.1. The van der Waals surface area contributed by atoms with Crippen LogP contribution in [0.2, 0.25) is 0 Å². The van der Waals surface area contributed by atoms with Crippen molar-refractivity contribution in [3.63, 3.8) is 0 Å². The Morgan fingerprint density at radius 1 is 0.842 bits per heavy atom. The zero-order chi connectivity index (χ0) is 14.6. The van der Waals surface area contributed by atoms with Gasteiger partial charge in [-0.3, -0.25) is 0 Å². The first-order chi connectivity index (χ1) is 9.16. The smallest absolute Gasteiger partial charge is 0.300 e. The van der Waals surface area contributed by atoms with Crippen LogP contribution in [0.4, 0.5) is 0 Å². The average molecular weight is 272 g/mol. The number of hydrogen-bond acceptors (Lipinski definition) is 3. The Morgan fingerprint density at radius 2 is 1.32 bits per heavy atom. The summed E-state index contributed by atoms with van der Waals surface area (Å²) < 4.78 is 0. The fourth-order valence-corrected chi connectivity index (χ4v) is 2.70. The molecule has 0 saturated heterocycles. The summed E-state index contributed by atoms with van der Waals surface area (Å²) in [5, 5.41) is 8.82. The molecule has 0 aliphatic carbocycles. The Bertz CT molecular complexity index is 218. The van der Waals surface area contributed by atoms with Crippen LogP contribution in [0.5, 0.6) is 0 Å². The molecule has 3 nitrogen and oxygen atoms in total. The monoisotopic (exact) mass is 272 g/mol. The van der Waals surface area contributed by atoms with E-state index < -0.39 is 11.4 Å². The second kappa shape index (κ2) is 11.3. The Balaban J connectivity index is 4.63. The fraction of sp³-hybridized carbons (Fsp3) is 0.938. The van der Waals surface area contributed by atoms with E-state index in [1.165, 1.54) is 12.8 Å². The van der Waals surface area contributed by atoms with Gasteiger partial charge in [0, 0.05) is 0 Å². The van der Waals surface area contributed by atoms with Crippen LogP contribution in [0.1, 0.15) is 91.4 Å². The Morgan fingerprint density at radius 3 is 1.74 bits per heavy atom. The number of carbonyl (C=O) groups is 1. The van der Waals surface area contributed by atoms with Gasteiger partial charge in [-0.05, 0) is 19.3 Å². The minimum atomic E-state index is -0.450. The van der Waals surface area contributed by atoms with Crippen molar-refractivity contribution in [1.29, 1.82) is 0 Å². The van der Waals surface area contributed by atoms with Gasteiger partial charge in [0.15, 0.2) is 0 Å². The molecule has 0 atom stereocenters. The molecule has 19 heavy (non-hydrogen) atoms. The molecule has 3 heteroatoms. The van der Waals surface area contributed by atoms with Gasteiger partial charge >= 0.3 is 5.97 Å². The van der Waals surface area contributed by atoms with Crippen LogP contribution in [0, 0.1) is 5.41 Å². The van der Waals surface area contributed by atoms with Gasteiger partial charge in [-0.2, -0.15) is 5.26 Å². The van der Waals surface area contributed by atoms with Crippen LogP contribution in [0.15, 0.2) is 0 Å². The predicted molar refractivity (Wildman–Crippen MR) is 79.0 cm³/mol. The number of unbranched alkanes of at least 4 members (excludes halogenated alkanes) is 5. The molecule has 1 N–H and O–H groups in total. The lowest BCUT2D eigenvalue weighted by molar-refractivity contribution is -0.247. The molecule has 0 aromatic heterocycles. The topological polar surface area (TPSA) is 46.5 Å². The second-order valence-electron chi connectivity index (χ2n) is 5.68. The predicted octanol–water partition coefficient (Wildman–Crippen LogP) is 5.34. The summed E-state index contributed by atoms with van der Waals surface area (Å²) in [5.74, 6) is -0.411. The average Bonchev–Trinajstić information content (AvgIpc) is 2.45. The van der Waals surface area contributed by atoms with E-state index in [0.717, 1.165) is 57.8 Å². The molecular formula is C16H32O3. The van der Waals surface area contributed by atoms with Gasteiger partial charge in [0.1, 0.15) is 0 Å². The number of hydrogen-bond donors (Lipinski definition) is 1. The highest BCUT2D eigenvalue weighted by Crippen LogP contribution is 2.38. The lowest BCUT2D eigenvalue weighted by atomic mass is 9.74. The van der Waals surface area contributed by atoms with Crippen molar-refractivity contribution in [3.8, 4) is 0 Å². The van der Waals surface area contributed by atoms with Gasteiger partial charge < -0.3 is 4.89 Å². The molecule has 114 valence electrons. The van der Waals surface area contributed by atoms with E-state index in [-0.39, 0.29) is 0 Å². The number of carbonyl (C=O) groups excluding carboxylic acids is 1. The molecule has 0 aliphatic rings. The van der Waals surface area contributed by atoms with Crippen LogP contribution in [0.25, 0.3) is 0 Å². The van der Waals surface area contributed by atoms with Gasteiger partial charge in [0.2, 0.25) is 0 Å². The van der Waals surface area contributed by atoms with Crippen LogP contribution in [-0.4, -0.2) is 11.2 Å². The van der Waals surface area contributed by atoms with Crippen LogP contribution >= 0.6 is 0 Å². The Labute approximate surface area is 118 Å². The van der Waals surface area contributed by atoms with Crippen molar-refractivity contribution in [2.45, 2.75) is 91.4 Å². The molecule has 0 fully saturated rings. The largest absolute Gasteiger partial charge is 0.348 e. The van der Waals surface area contributed by atoms with E-state index in [2.05, 4.69) is 25.7 Å². The van der Waals surface area contributed by atoms with Crippen molar-refractivity contribution < 1.29 is 14.9 Å². The lowest BCUT2D eigenvalue weighted by Gasteiger charge is -2.30. The minimum Gasteiger partial charge on any atom is -0.300 e. The number of rotatable bonds is 12. The molecule has 0 spiro atoms. The molecule has 0 aliphatic heterocycles. The van der Waals surface area contributed by atoms with Crippen LogP contribution in [-0.2, 0) is 9.68 Å². The van der Waals surface area contributed by atoms with Crippen LogP contribution < -0.4 is 0 Å². The highest BCUT2D eigenvalue weighted by Gasteiger charge is 2.38. The molecule has 0 bridgehead atoms. The lowest BCUT2D eigenvalue weighted by Crippen LogP contribution is -2.32. The fourth-order valence-electron chi connectivity index (χ4n) is 2.70. The normalized spacial score (nSPS) is 11.6. The van der Waals surface area contributed by atoms with Crippen molar-refractivity contribution >= 4 is 5.97 Å². The van der Waals surface area contributed by atoms with Gasteiger partial charge in [0.25, 0.3) is 0 Å². The van der Waals surface area contributed by atoms with Crippen molar-refractivity contribution in [2.75, 3.05) is 0 Å². The standard InChI is InChI=1S/C16H32O3/c1-4-7-10-11-14-16(12-8-5-2,13-9-6-3)15(17)19-18/h18H,4-14H2,1-3H3. The van der Waals surface area contributed by atoms with E-state index >= 15 is 0 Å². The summed E-state index contributed by atoms with van der Waals surface area (Å²) in [6.07, 6.45) is 11.3. The first-order valence-corrected chi connectivity index (χ1v) is 8.02. The Hall–Kier alpha value is -0.570. The molecular weight excluding hydrogens is 240 g/mol. The summed E-state index contributed by atoms with van der Waals surface area (Å²) in [7, 11) is 0. The van der Waals surface area contributed by atoms with Gasteiger partial charge in [-0.1, -0.05) is 72.1 Å². The van der Waals surface area contributed by atoms with E-state index in [4.69, 9.17) is 5.26 Å². The second-order valence-corrected chi connectivity index (χ2v) is 5.68. The van der Waals surface area contributed by atoms with Crippen LogP contribution in [0.3, 0.4) is 0 Å². The van der Waals surface area contributed by atoms with Gasteiger partial charge in [-0.15, -0.1) is 0 Å². The van der Waals surface area contributed by atoms with E-state index in [9.17, 15) is 4.79 Å². The summed E-state index contributed by atoms with van der Waals surface area (Å²) in [4.78, 5) is 16.2. The maximum atomic E-state index is 12.0. The first-order valence-electron chi connectivity index (χ1n) is 8.02. The molecule has 0 radical (unpaired) electrons.